The highest BCUT2D eigenvalue weighted by atomic mass is 35.5. The van der Waals surface area contributed by atoms with Crippen LogP contribution in [0.15, 0.2) is 18.2 Å². The van der Waals surface area contributed by atoms with Crippen molar-refractivity contribution in [1.82, 2.24) is 5.32 Å². The van der Waals surface area contributed by atoms with E-state index >= 15 is 0 Å². The number of nitrogens with one attached hydrogen (secondary N) is 1. The van der Waals surface area contributed by atoms with Crippen molar-refractivity contribution in [2.24, 2.45) is 5.92 Å². The van der Waals surface area contributed by atoms with Crippen LogP contribution in [0.4, 0.5) is 0 Å². The first kappa shape index (κ1) is 13.8. The van der Waals surface area contributed by atoms with Gasteiger partial charge < -0.3 is 5.32 Å². The van der Waals surface area contributed by atoms with E-state index in [1.54, 1.807) is 0 Å². The van der Waals surface area contributed by atoms with Gasteiger partial charge in [-0.25, -0.2) is 0 Å². The van der Waals surface area contributed by atoms with Crippen LogP contribution in [-0.4, -0.2) is 12.6 Å². The lowest BCUT2D eigenvalue weighted by Gasteiger charge is -2.15. The van der Waals surface area contributed by atoms with E-state index < -0.39 is 0 Å². The quantitative estimate of drug-likeness (QED) is 0.837. The van der Waals surface area contributed by atoms with Gasteiger partial charge in [0, 0.05) is 16.1 Å². The summed E-state index contributed by atoms with van der Waals surface area (Å²) in [6.45, 7) is 7.52. The van der Waals surface area contributed by atoms with Gasteiger partial charge in [0.05, 0.1) is 0 Å². The monoisotopic (exact) mass is 259 g/mol. The van der Waals surface area contributed by atoms with Crippen LogP contribution in [0.5, 0.6) is 0 Å². The summed E-state index contributed by atoms with van der Waals surface area (Å²) in [5.41, 5.74) is 1.13. The van der Waals surface area contributed by atoms with Crippen molar-refractivity contribution in [3.05, 3.63) is 33.8 Å². The van der Waals surface area contributed by atoms with Crippen molar-refractivity contribution in [1.29, 1.82) is 0 Å². The molecule has 0 bridgehead atoms. The SMILES string of the molecule is CC(CNC(C)C)Cc1cc(Cl)ccc1Cl. The Morgan fingerprint density at radius 3 is 2.50 bits per heavy atom. The molecule has 0 aliphatic carbocycles. The van der Waals surface area contributed by atoms with E-state index in [2.05, 4.69) is 26.1 Å². The Bertz CT molecular complexity index is 337. The normalized spacial score (nSPS) is 13.1. The van der Waals surface area contributed by atoms with Crippen molar-refractivity contribution < 1.29 is 0 Å². The first-order chi connectivity index (χ1) is 7.49. The minimum Gasteiger partial charge on any atom is -0.314 e. The molecule has 0 aromatic heterocycles. The van der Waals surface area contributed by atoms with Crippen molar-refractivity contribution in [2.45, 2.75) is 33.2 Å². The number of hydrogen-bond donors (Lipinski definition) is 1. The molecule has 1 atom stereocenters. The van der Waals surface area contributed by atoms with E-state index in [1.165, 1.54) is 0 Å². The standard InChI is InChI=1S/C13H19Cl2N/c1-9(2)16-8-10(3)6-11-7-12(14)4-5-13(11)15/h4-5,7,9-10,16H,6,8H2,1-3H3. The Morgan fingerprint density at radius 1 is 1.19 bits per heavy atom. The van der Waals surface area contributed by atoms with Crippen LogP contribution in [0.3, 0.4) is 0 Å². The minimum atomic E-state index is 0.525. The van der Waals surface area contributed by atoms with Crippen LogP contribution in [0, 0.1) is 5.92 Å². The second-order valence-electron chi connectivity index (χ2n) is 4.61. The summed E-state index contributed by atoms with van der Waals surface area (Å²) in [4.78, 5) is 0. The second kappa shape index (κ2) is 6.48. The maximum Gasteiger partial charge on any atom is 0.0439 e. The van der Waals surface area contributed by atoms with Gasteiger partial charge in [0.2, 0.25) is 0 Å². The van der Waals surface area contributed by atoms with Gasteiger partial charge in [-0.2, -0.15) is 0 Å². The zero-order valence-electron chi connectivity index (χ0n) is 10.1. The van der Waals surface area contributed by atoms with Gasteiger partial charge in [-0.3, -0.25) is 0 Å². The van der Waals surface area contributed by atoms with E-state index in [9.17, 15) is 0 Å². The molecule has 0 saturated carbocycles. The molecule has 0 amide bonds. The van der Waals surface area contributed by atoms with Gasteiger partial charge in [0.1, 0.15) is 0 Å². The molecule has 0 fully saturated rings. The van der Waals surface area contributed by atoms with E-state index in [0.717, 1.165) is 28.6 Å². The van der Waals surface area contributed by atoms with Crippen LogP contribution in [0.25, 0.3) is 0 Å². The molecule has 0 aliphatic heterocycles. The van der Waals surface area contributed by atoms with Gasteiger partial charge in [-0.1, -0.05) is 44.0 Å². The Kier molecular flexibility index (Phi) is 5.60. The first-order valence-electron chi connectivity index (χ1n) is 5.66. The van der Waals surface area contributed by atoms with Gasteiger partial charge in [0.25, 0.3) is 0 Å². The molecule has 1 unspecified atom stereocenters. The van der Waals surface area contributed by atoms with Crippen LogP contribution in [0.2, 0.25) is 10.0 Å². The molecule has 0 radical (unpaired) electrons. The van der Waals surface area contributed by atoms with Crippen molar-refractivity contribution in [2.75, 3.05) is 6.54 Å². The van der Waals surface area contributed by atoms with Crippen molar-refractivity contribution in [3.63, 3.8) is 0 Å². The topological polar surface area (TPSA) is 12.0 Å². The molecular formula is C13H19Cl2N. The summed E-state index contributed by atoms with van der Waals surface area (Å²) in [6, 6.07) is 6.17. The molecule has 1 nitrogen and oxygen atoms in total. The van der Waals surface area contributed by atoms with E-state index in [1.807, 2.05) is 18.2 Å². The Hall–Kier alpha value is -0.240. The molecule has 16 heavy (non-hydrogen) atoms. The summed E-state index contributed by atoms with van der Waals surface area (Å²) >= 11 is 12.1. The molecule has 0 spiro atoms. The van der Waals surface area contributed by atoms with Gasteiger partial charge in [-0.15, -0.1) is 0 Å². The molecule has 3 heteroatoms. The number of rotatable bonds is 5. The molecule has 1 N–H and O–H groups in total. The number of benzene rings is 1. The predicted molar refractivity (Wildman–Crippen MR) is 72.5 cm³/mol. The number of hydrogen-bond acceptors (Lipinski definition) is 1. The summed E-state index contributed by atoms with van der Waals surface area (Å²) in [6.07, 6.45) is 0.957. The highest BCUT2D eigenvalue weighted by Crippen LogP contribution is 2.23. The highest BCUT2D eigenvalue weighted by molar-refractivity contribution is 6.33. The van der Waals surface area contributed by atoms with Crippen LogP contribution < -0.4 is 5.32 Å². The summed E-state index contributed by atoms with van der Waals surface area (Å²) in [5.74, 6) is 0.554. The molecule has 0 saturated heterocycles. The van der Waals surface area contributed by atoms with Gasteiger partial charge in [-0.05, 0) is 42.6 Å². The first-order valence-corrected chi connectivity index (χ1v) is 6.42. The zero-order chi connectivity index (χ0) is 12.1. The van der Waals surface area contributed by atoms with E-state index in [0.29, 0.717) is 12.0 Å². The smallest absolute Gasteiger partial charge is 0.0439 e. The number of halogens is 2. The Morgan fingerprint density at radius 2 is 1.88 bits per heavy atom. The van der Waals surface area contributed by atoms with Crippen LogP contribution >= 0.6 is 23.2 Å². The average molecular weight is 260 g/mol. The highest BCUT2D eigenvalue weighted by Gasteiger charge is 2.08. The lowest BCUT2D eigenvalue weighted by atomic mass is 10.0. The third kappa shape index (κ3) is 4.73. The fourth-order valence-corrected chi connectivity index (χ4v) is 1.97. The Labute approximate surface area is 108 Å². The minimum absolute atomic E-state index is 0.525. The summed E-state index contributed by atoms with van der Waals surface area (Å²) < 4.78 is 0. The molecule has 1 aromatic carbocycles. The fraction of sp³-hybridized carbons (Fsp3) is 0.538. The largest absolute Gasteiger partial charge is 0.314 e. The van der Waals surface area contributed by atoms with E-state index in [-0.39, 0.29) is 0 Å². The molecular weight excluding hydrogens is 241 g/mol. The molecule has 0 aliphatic rings. The van der Waals surface area contributed by atoms with E-state index in [4.69, 9.17) is 23.2 Å². The van der Waals surface area contributed by atoms with Gasteiger partial charge >= 0.3 is 0 Å². The summed E-state index contributed by atoms with van der Waals surface area (Å²) in [7, 11) is 0. The maximum absolute atomic E-state index is 6.12. The predicted octanol–water partition coefficient (Wildman–Crippen LogP) is 4.17. The molecule has 0 heterocycles. The van der Waals surface area contributed by atoms with Gasteiger partial charge in [0.15, 0.2) is 0 Å². The third-order valence-electron chi connectivity index (χ3n) is 2.45. The molecule has 1 aromatic rings. The van der Waals surface area contributed by atoms with Crippen LogP contribution in [-0.2, 0) is 6.42 Å². The lowest BCUT2D eigenvalue weighted by molar-refractivity contribution is 0.476. The fourth-order valence-electron chi connectivity index (χ4n) is 1.58. The summed E-state index contributed by atoms with van der Waals surface area (Å²) in [5, 5.41) is 4.98. The maximum atomic E-state index is 6.12. The lowest BCUT2D eigenvalue weighted by Crippen LogP contribution is -2.28. The Balaban J connectivity index is 2.55. The average Bonchev–Trinajstić information content (AvgIpc) is 2.20. The van der Waals surface area contributed by atoms with Crippen molar-refractivity contribution in [3.8, 4) is 0 Å². The second-order valence-corrected chi connectivity index (χ2v) is 5.45. The van der Waals surface area contributed by atoms with Crippen molar-refractivity contribution >= 4 is 23.2 Å². The zero-order valence-corrected chi connectivity index (χ0v) is 11.6. The third-order valence-corrected chi connectivity index (χ3v) is 3.05. The van der Waals surface area contributed by atoms with Crippen LogP contribution in [0.1, 0.15) is 26.3 Å². The molecule has 90 valence electrons. The molecule has 1 rings (SSSR count).